The van der Waals surface area contributed by atoms with Gasteiger partial charge in [0.2, 0.25) is 0 Å². The standard InChI is InChI=1S/C13H15FN4/c1-9-12(15)17-8-18-13(9)16-6-5-10-3-2-4-11(14)7-10/h2-4,7-8H,5-6H2,1H3,(H3,15,16,17,18). The number of anilines is 2. The van der Waals surface area contributed by atoms with Gasteiger partial charge in [0.1, 0.15) is 23.8 Å². The third-order valence-corrected chi connectivity index (χ3v) is 2.72. The Morgan fingerprint density at radius 2 is 2.17 bits per heavy atom. The van der Waals surface area contributed by atoms with Crippen molar-refractivity contribution in [3.05, 3.63) is 47.5 Å². The molecule has 0 fully saturated rings. The number of nitrogens with one attached hydrogen (secondary N) is 1. The lowest BCUT2D eigenvalue weighted by molar-refractivity contribution is 0.625. The second-order valence-electron chi connectivity index (χ2n) is 4.04. The quantitative estimate of drug-likeness (QED) is 0.867. The molecule has 18 heavy (non-hydrogen) atoms. The molecule has 2 aromatic rings. The summed E-state index contributed by atoms with van der Waals surface area (Å²) in [5.74, 6) is 0.979. The van der Waals surface area contributed by atoms with Crippen LogP contribution in [0.5, 0.6) is 0 Å². The highest BCUT2D eigenvalue weighted by Crippen LogP contribution is 2.14. The summed E-state index contributed by atoms with van der Waals surface area (Å²) in [5, 5.41) is 3.17. The third kappa shape index (κ3) is 2.94. The topological polar surface area (TPSA) is 63.8 Å². The van der Waals surface area contributed by atoms with Crippen molar-refractivity contribution in [2.75, 3.05) is 17.6 Å². The summed E-state index contributed by atoms with van der Waals surface area (Å²) in [6.07, 6.45) is 2.15. The molecule has 0 aliphatic rings. The number of aromatic nitrogens is 2. The number of nitrogen functional groups attached to an aromatic ring is 1. The van der Waals surface area contributed by atoms with Crippen LogP contribution in [-0.2, 0) is 6.42 Å². The Kier molecular flexibility index (Phi) is 3.72. The summed E-state index contributed by atoms with van der Waals surface area (Å²) in [4.78, 5) is 8.01. The van der Waals surface area contributed by atoms with Crippen molar-refractivity contribution in [1.82, 2.24) is 9.97 Å². The molecular formula is C13H15FN4. The maximum atomic E-state index is 13.0. The first-order chi connectivity index (χ1) is 8.66. The lowest BCUT2D eigenvalue weighted by Crippen LogP contribution is -2.09. The molecule has 5 heteroatoms. The smallest absolute Gasteiger partial charge is 0.134 e. The van der Waals surface area contributed by atoms with Gasteiger partial charge >= 0.3 is 0 Å². The van der Waals surface area contributed by atoms with Crippen LogP contribution in [-0.4, -0.2) is 16.5 Å². The van der Waals surface area contributed by atoms with E-state index in [2.05, 4.69) is 15.3 Å². The maximum Gasteiger partial charge on any atom is 0.134 e. The summed E-state index contributed by atoms with van der Waals surface area (Å²) in [5.41, 5.74) is 7.46. The largest absolute Gasteiger partial charge is 0.383 e. The number of hydrogen-bond donors (Lipinski definition) is 2. The van der Waals surface area contributed by atoms with Gasteiger partial charge < -0.3 is 11.1 Å². The van der Waals surface area contributed by atoms with E-state index in [-0.39, 0.29) is 5.82 Å². The van der Waals surface area contributed by atoms with E-state index in [1.165, 1.54) is 18.5 Å². The van der Waals surface area contributed by atoms with E-state index < -0.39 is 0 Å². The Balaban J connectivity index is 1.94. The Labute approximate surface area is 105 Å². The lowest BCUT2D eigenvalue weighted by atomic mass is 10.1. The van der Waals surface area contributed by atoms with E-state index in [0.29, 0.717) is 12.4 Å². The average molecular weight is 246 g/mol. The molecule has 0 amide bonds. The molecule has 3 N–H and O–H groups in total. The molecular weight excluding hydrogens is 231 g/mol. The summed E-state index contributed by atoms with van der Waals surface area (Å²) in [6.45, 7) is 2.53. The number of benzene rings is 1. The van der Waals surface area contributed by atoms with Crippen molar-refractivity contribution in [2.45, 2.75) is 13.3 Å². The van der Waals surface area contributed by atoms with Crippen LogP contribution in [0, 0.1) is 12.7 Å². The maximum absolute atomic E-state index is 13.0. The van der Waals surface area contributed by atoms with Crippen LogP contribution >= 0.6 is 0 Å². The minimum atomic E-state index is -0.213. The van der Waals surface area contributed by atoms with Crippen molar-refractivity contribution in [3.63, 3.8) is 0 Å². The molecule has 1 heterocycles. The highest BCUT2D eigenvalue weighted by Gasteiger charge is 2.03. The van der Waals surface area contributed by atoms with Gasteiger partial charge in [0, 0.05) is 12.1 Å². The molecule has 0 saturated heterocycles. The number of halogens is 1. The monoisotopic (exact) mass is 246 g/mol. The molecule has 1 aromatic carbocycles. The van der Waals surface area contributed by atoms with E-state index in [0.717, 1.165) is 23.4 Å². The van der Waals surface area contributed by atoms with Crippen molar-refractivity contribution in [1.29, 1.82) is 0 Å². The van der Waals surface area contributed by atoms with Gasteiger partial charge in [0.25, 0.3) is 0 Å². The van der Waals surface area contributed by atoms with Gasteiger partial charge in [-0.1, -0.05) is 12.1 Å². The van der Waals surface area contributed by atoms with E-state index in [4.69, 9.17) is 5.73 Å². The van der Waals surface area contributed by atoms with Crippen molar-refractivity contribution in [3.8, 4) is 0 Å². The second-order valence-corrected chi connectivity index (χ2v) is 4.04. The van der Waals surface area contributed by atoms with E-state index in [9.17, 15) is 4.39 Å². The first kappa shape index (κ1) is 12.3. The number of hydrogen-bond acceptors (Lipinski definition) is 4. The molecule has 0 saturated carbocycles. The van der Waals surface area contributed by atoms with Gasteiger partial charge in [-0.15, -0.1) is 0 Å². The molecule has 0 bridgehead atoms. The zero-order chi connectivity index (χ0) is 13.0. The Morgan fingerprint density at radius 3 is 2.94 bits per heavy atom. The fraction of sp³-hybridized carbons (Fsp3) is 0.231. The molecule has 0 spiro atoms. The number of nitrogens with zero attached hydrogens (tertiary/aromatic N) is 2. The van der Waals surface area contributed by atoms with Gasteiger partial charge in [0.05, 0.1) is 0 Å². The highest BCUT2D eigenvalue weighted by atomic mass is 19.1. The molecule has 0 aliphatic carbocycles. The van der Waals surface area contributed by atoms with E-state index >= 15 is 0 Å². The minimum absolute atomic E-state index is 0.213. The molecule has 4 nitrogen and oxygen atoms in total. The van der Waals surface area contributed by atoms with Gasteiger partial charge in [-0.2, -0.15) is 0 Å². The first-order valence-electron chi connectivity index (χ1n) is 5.72. The van der Waals surface area contributed by atoms with Crippen LogP contribution in [0.4, 0.5) is 16.0 Å². The Morgan fingerprint density at radius 1 is 1.33 bits per heavy atom. The van der Waals surface area contributed by atoms with Crippen molar-refractivity contribution in [2.24, 2.45) is 0 Å². The summed E-state index contributed by atoms with van der Waals surface area (Å²) >= 11 is 0. The van der Waals surface area contributed by atoms with Crippen LogP contribution in [0.15, 0.2) is 30.6 Å². The lowest BCUT2D eigenvalue weighted by Gasteiger charge is -2.09. The second kappa shape index (κ2) is 5.44. The molecule has 0 atom stereocenters. The molecule has 1 aromatic heterocycles. The molecule has 0 unspecified atom stereocenters. The molecule has 0 radical (unpaired) electrons. The van der Waals surface area contributed by atoms with Crippen LogP contribution in [0.25, 0.3) is 0 Å². The van der Waals surface area contributed by atoms with E-state index in [1.54, 1.807) is 6.07 Å². The highest BCUT2D eigenvalue weighted by molar-refractivity contribution is 5.53. The predicted molar refractivity (Wildman–Crippen MR) is 69.8 cm³/mol. The zero-order valence-electron chi connectivity index (χ0n) is 10.2. The van der Waals surface area contributed by atoms with Crippen LogP contribution in [0.3, 0.4) is 0 Å². The summed E-state index contributed by atoms with van der Waals surface area (Å²) in [6, 6.07) is 6.57. The summed E-state index contributed by atoms with van der Waals surface area (Å²) in [7, 11) is 0. The van der Waals surface area contributed by atoms with E-state index in [1.807, 2.05) is 13.0 Å². The Bertz CT molecular complexity index is 542. The van der Waals surface area contributed by atoms with Crippen LogP contribution in [0.2, 0.25) is 0 Å². The zero-order valence-corrected chi connectivity index (χ0v) is 10.2. The van der Waals surface area contributed by atoms with Gasteiger partial charge in [-0.05, 0) is 31.0 Å². The fourth-order valence-electron chi connectivity index (χ4n) is 1.66. The molecule has 94 valence electrons. The van der Waals surface area contributed by atoms with Crippen molar-refractivity contribution < 1.29 is 4.39 Å². The van der Waals surface area contributed by atoms with Gasteiger partial charge in [0.15, 0.2) is 0 Å². The number of nitrogens with two attached hydrogens (primary N) is 1. The average Bonchev–Trinajstić information content (AvgIpc) is 2.35. The van der Waals surface area contributed by atoms with Crippen LogP contribution < -0.4 is 11.1 Å². The third-order valence-electron chi connectivity index (χ3n) is 2.72. The molecule has 0 aliphatic heterocycles. The van der Waals surface area contributed by atoms with Gasteiger partial charge in [-0.3, -0.25) is 0 Å². The SMILES string of the molecule is Cc1c(N)ncnc1NCCc1cccc(F)c1. The fourth-order valence-corrected chi connectivity index (χ4v) is 1.66. The first-order valence-corrected chi connectivity index (χ1v) is 5.72. The normalized spacial score (nSPS) is 10.3. The molecule has 2 rings (SSSR count). The van der Waals surface area contributed by atoms with Crippen molar-refractivity contribution >= 4 is 11.6 Å². The van der Waals surface area contributed by atoms with Crippen LogP contribution in [0.1, 0.15) is 11.1 Å². The predicted octanol–water partition coefficient (Wildman–Crippen LogP) is 2.16. The minimum Gasteiger partial charge on any atom is -0.383 e. The van der Waals surface area contributed by atoms with Gasteiger partial charge in [-0.25, -0.2) is 14.4 Å². The summed E-state index contributed by atoms with van der Waals surface area (Å²) < 4.78 is 13.0. The Hall–Kier alpha value is -2.17. The number of rotatable bonds is 4.